The number of aliphatic hydroxyl groups excluding tert-OH is 1. The number of aliphatic hydroxyl groups is 1. The fraction of sp³-hybridized carbons (Fsp3) is 0.474. The number of rotatable bonds is 8. The molecule has 6 nitrogen and oxygen atoms in total. The van der Waals surface area contributed by atoms with Crippen LogP contribution >= 0.6 is 0 Å². The third-order valence-electron chi connectivity index (χ3n) is 4.10. The minimum atomic E-state index is -0.124. The first-order valence-corrected chi connectivity index (χ1v) is 8.79. The molecule has 25 heavy (non-hydrogen) atoms. The van der Waals surface area contributed by atoms with Crippen molar-refractivity contribution in [2.24, 2.45) is 5.92 Å². The van der Waals surface area contributed by atoms with Crippen LogP contribution in [0.1, 0.15) is 48.7 Å². The molecule has 3 rings (SSSR count). The quantitative estimate of drug-likeness (QED) is 0.772. The van der Waals surface area contributed by atoms with Gasteiger partial charge in [0.25, 0.3) is 5.91 Å². The number of anilines is 1. The maximum Gasteiger partial charge on any atom is 0.259 e. The highest BCUT2D eigenvalue weighted by molar-refractivity contribution is 6.05. The average molecular weight is 343 g/mol. The van der Waals surface area contributed by atoms with Gasteiger partial charge in [-0.3, -0.25) is 9.48 Å². The number of nitrogens with zero attached hydrogens (tertiary/aromatic N) is 2. The first kappa shape index (κ1) is 17.5. The molecule has 2 aromatic rings. The van der Waals surface area contributed by atoms with Gasteiger partial charge in [0.05, 0.1) is 24.1 Å². The standard InChI is InChI=1S/C19H25N3O3/c1-13(2)12-22-18(14-3-4-14)17(11-20-22)19(24)21-15-5-7-16(8-6-15)25-10-9-23/h5-8,11,13-14,23H,3-4,9-10,12H2,1-2H3,(H,21,24). The maximum atomic E-state index is 12.7. The van der Waals surface area contributed by atoms with Gasteiger partial charge < -0.3 is 15.2 Å². The lowest BCUT2D eigenvalue weighted by Gasteiger charge is -2.11. The summed E-state index contributed by atoms with van der Waals surface area (Å²) in [5.74, 6) is 1.48. The van der Waals surface area contributed by atoms with Gasteiger partial charge in [0.15, 0.2) is 0 Å². The Morgan fingerprint density at radius 3 is 2.68 bits per heavy atom. The van der Waals surface area contributed by atoms with E-state index in [9.17, 15) is 4.79 Å². The van der Waals surface area contributed by atoms with Crippen LogP contribution in [0.4, 0.5) is 5.69 Å². The molecule has 1 aliphatic rings. The Morgan fingerprint density at radius 1 is 1.36 bits per heavy atom. The number of amides is 1. The number of ether oxygens (including phenoxy) is 1. The average Bonchev–Trinajstić information content (AvgIpc) is 3.34. The number of carbonyl (C=O) groups excluding carboxylic acids is 1. The zero-order valence-corrected chi connectivity index (χ0v) is 14.7. The summed E-state index contributed by atoms with van der Waals surface area (Å²) < 4.78 is 7.31. The molecule has 1 aromatic carbocycles. The molecule has 1 saturated carbocycles. The second kappa shape index (κ2) is 7.70. The third-order valence-corrected chi connectivity index (χ3v) is 4.10. The van der Waals surface area contributed by atoms with E-state index in [-0.39, 0.29) is 19.1 Å². The molecule has 0 radical (unpaired) electrons. The van der Waals surface area contributed by atoms with Gasteiger partial charge in [-0.25, -0.2) is 0 Å². The maximum absolute atomic E-state index is 12.7. The number of aromatic nitrogens is 2. The molecular formula is C19H25N3O3. The zero-order chi connectivity index (χ0) is 17.8. The molecule has 0 unspecified atom stereocenters. The van der Waals surface area contributed by atoms with Crippen molar-refractivity contribution in [3.8, 4) is 5.75 Å². The molecule has 2 N–H and O–H groups in total. The summed E-state index contributed by atoms with van der Waals surface area (Å²) in [7, 11) is 0. The summed E-state index contributed by atoms with van der Waals surface area (Å²) in [6.45, 7) is 5.36. The van der Waals surface area contributed by atoms with Crippen molar-refractivity contribution in [3.63, 3.8) is 0 Å². The molecule has 0 aliphatic heterocycles. The Morgan fingerprint density at radius 2 is 2.08 bits per heavy atom. The van der Waals surface area contributed by atoms with Crippen molar-refractivity contribution in [2.45, 2.75) is 39.2 Å². The van der Waals surface area contributed by atoms with Gasteiger partial charge in [-0.05, 0) is 43.0 Å². The van der Waals surface area contributed by atoms with E-state index in [0.717, 1.165) is 25.1 Å². The molecule has 1 aromatic heterocycles. The summed E-state index contributed by atoms with van der Waals surface area (Å²) in [4.78, 5) is 12.7. The van der Waals surface area contributed by atoms with Crippen LogP contribution in [0.15, 0.2) is 30.5 Å². The summed E-state index contributed by atoms with van der Waals surface area (Å²) in [5.41, 5.74) is 2.44. The molecule has 6 heteroatoms. The Labute approximate surface area is 147 Å². The lowest BCUT2D eigenvalue weighted by Crippen LogP contribution is -2.15. The topological polar surface area (TPSA) is 76.4 Å². The largest absolute Gasteiger partial charge is 0.491 e. The van der Waals surface area contributed by atoms with Crippen LogP contribution in [-0.2, 0) is 6.54 Å². The second-order valence-corrected chi connectivity index (χ2v) is 6.84. The highest BCUT2D eigenvalue weighted by Crippen LogP contribution is 2.42. The van der Waals surface area contributed by atoms with Crippen molar-refractivity contribution < 1.29 is 14.6 Å². The van der Waals surface area contributed by atoms with E-state index in [4.69, 9.17) is 9.84 Å². The molecule has 1 heterocycles. The number of nitrogens with one attached hydrogen (secondary N) is 1. The van der Waals surface area contributed by atoms with Crippen molar-refractivity contribution in [1.82, 2.24) is 9.78 Å². The van der Waals surface area contributed by atoms with Crippen LogP contribution in [0.25, 0.3) is 0 Å². The van der Waals surface area contributed by atoms with E-state index in [1.54, 1.807) is 30.5 Å². The Balaban J connectivity index is 1.72. The normalized spacial score (nSPS) is 13.9. The minimum absolute atomic E-state index is 0.0250. The fourth-order valence-corrected chi connectivity index (χ4v) is 2.84. The van der Waals surface area contributed by atoms with Crippen LogP contribution in [0.2, 0.25) is 0 Å². The van der Waals surface area contributed by atoms with Gasteiger partial charge in [0.2, 0.25) is 0 Å². The van der Waals surface area contributed by atoms with E-state index >= 15 is 0 Å². The molecule has 0 saturated heterocycles. The predicted octanol–water partition coefficient (Wildman–Crippen LogP) is 3.04. The Bertz CT molecular complexity index is 718. The van der Waals surface area contributed by atoms with Gasteiger partial charge >= 0.3 is 0 Å². The third kappa shape index (κ3) is 4.39. The Hall–Kier alpha value is -2.34. The lowest BCUT2D eigenvalue weighted by molar-refractivity contribution is 0.102. The molecule has 1 amide bonds. The van der Waals surface area contributed by atoms with Gasteiger partial charge in [-0.1, -0.05) is 13.8 Å². The van der Waals surface area contributed by atoms with Gasteiger partial charge in [-0.15, -0.1) is 0 Å². The first-order valence-electron chi connectivity index (χ1n) is 8.79. The number of benzene rings is 1. The van der Waals surface area contributed by atoms with Crippen LogP contribution in [0, 0.1) is 5.92 Å². The summed E-state index contributed by atoms with van der Waals surface area (Å²) in [6, 6.07) is 7.13. The number of carbonyl (C=O) groups is 1. The van der Waals surface area contributed by atoms with E-state index in [2.05, 4.69) is 24.3 Å². The predicted molar refractivity (Wildman–Crippen MR) is 96.0 cm³/mol. The number of hydrogen-bond acceptors (Lipinski definition) is 4. The van der Waals surface area contributed by atoms with E-state index in [1.165, 1.54) is 0 Å². The molecule has 0 spiro atoms. The lowest BCUT2D eigenvalue weighted by atomic mass is 10.1. The van der Waals surface area contributed by atoms with Gasteiger partial charge in [0.1, 0.15) is 12.4 Å². The van der Waals surface area contributed by atoms with Crippen molar-refractivity contribution in [3.05, 3.63) is 41.7 Å². The SMILES string of the molecule is CC(C)Cn1ncc(C(=O)Nc2ccc(OCCO)cc2)c1C1CC1. The van der Waals surface area contributed by atoms with Crippen LogP contribution < -0.4 is 10.1 Å². The highest BCUT2D eigenvalue weighted by Gasteiger charge is 2.32. The van der Waals surface area contributed by atoms with Crippen LogP contribution in [0.3, 0.4) is 0 Å². The summed E-state index contributed by atoms with van der Waals surface area (Å²) >= 11 is 0. The van der Waals surface area contributed by atoms with Crippen molar-refractivity contribution >= 4 is 11.6 Å². The van der Waals surface area contributed by atoms with Gasteiger partial charge in [-0.2, -0.15) is 5.10 Å². The fourth-order valence-electron chi connectivity index (χ4n) is 2.84. The first-order chi connectivity index (χ1) is 12.1. The van der Waals surface area contributed by atoms with E-state index in [0.29, 0.717) is 28.8 Å². The van der Waals surface area contributed by atoms with Crippen molar-refractivity contribution in [1.29, 1.82) is 0 Å². The molecule has 1 fully saturated rings. The summed E-state index contributed by atoms with van der Waals surface area (Å²) in [6.07, 6.45) is 3.94. The Kier molecular flexibility index (Phi) is 5.38. The smallest absolute Gasteiger partial charge is 0.259 e. The molecule has 0 bridgehead atoms. The molecule has 134 valence electrons. The molecule has 0 atom stereocenters. The zero-order valence-electron chi connectivity index (χ0n) is 14.7. The molecule has 1 aliphatic carbocycles. The molecular weight excluding hydrogens is 318 g/mol. The van der Waals surface area contributed by atoms with Crippen LogP contribution in [-0.4, -0.2) is 34.0 Å². The highest BCUT2D eigenvalue weighted by atomic mass is 16.5. The van der Waals surface area contributed by atoms with E-state index < -0.39 is 0 Å². The second-order valence-electron chi connectivity index (χ2n) is 6.84. The van der Waals surface area contributed by atoms with Crippen LogP contribution in [0.5, 0.6) is 5.75 Å². The monoisotopic (exact) mass is 343 g/mol. The van der Waals surface area contributed by atoms with Crippen molar-refractivity contribution in [2.75, 3.05) is 18.5 Å². The summed E-state index contributed by atoms with van der Waals surface area (Å²) in [5, 5.41) is 16.1. The van der Waals surface area contributed by atoms with E-state index in [1.807, 2.05) is 4.68 Å². The minimum Gasteiger partial charge on any atom is -0.491 e. The number of hydrogen-bond donors (Lipinski definition) is 2. The van der Waals surface area contributed by atoms with Gasteiger partial charge in [0, 0.05) is 18.2 Å².